The van der Waals surface area contributed by atoms with E-state index < -0.39 is 11.7 Å². The van der Waals surface area contributed by atoms with Crippen molar-refractivity contribution in [3.05, 3.63) is 0 Å². The molecule has 0 aromatic carbocycles. The first-order valence-electron chi connectivity index (χ1n) is 8.14. The molecular formula is C16H32F2S2. The highest BCUT2D eigenvalue weighted by molar-refractivity contribution is 8.76. The van der Waals surface area contributed by atoms with Crippen molar-refractivity contribution in [1.29, 1.82) is 0 Å². The number of unbranched alkanes of at least 4 members (excludes halogenated alkanes) is 6. The Morgan fingerprint density at radius 1 is 0.800 bits per heavy atom. The summed E-state index contributed by atoms with van der Waals surface area (Å²) in [6, 6.07) is 0. The van der Waals surface area contributed by atoms with Gasteiger partial charge in [-0.2, -0.15) is 0 Å². The van der Waals surface area contributed by atoms with Crippen LogP contribution in [0.4, 0.5) is 8.78 Å². The van der Waals surface area contributed by atoms with Gasteiger partial charge in [0, 0.05) is 0 Å². The lowest BCUT2D eigenvalue weighted by Crippen LogP contribution is -2.24. The third-order valence-corrected chi connectivity index (χ3v) is 6.03. The first-order chi connectivity index (χ1) is 9.67. The Kier molecular flexibility index (Phi) is 14.9. The highest BCUT2D eigenvalue weighted by Gasteiger charge is 2.29. The summed E-state index contributed by atoms with van der Waals surface area (Å²) < 4.78 is 26.5. The Bertz CT molecular complexity index is 189. The number of hydrogen-bond donors (Lipinski definition) is 0. The van der Waals surface area contributed by atoms with Gasteiger partial charge in [0.05, 0.1) is 5.25 Å². The molecule has 0 heterocycles. The Hall–Kier alpha value is 0.560. The SMILES string of the molecule is CCCCCCC(CCCCCC)[C@H](SSC)C(F)F. The third-order valence-electron chi connectivity index (χ3n) is 3.78. The van der Waals surface area contributed by atoms with Crippen molar-refractivity contribution in [3.8, 4) is 0 Å². The van der Waals surface area contributed by atoms with Crippen LogP contribution in [0.25, 0.3) is 0 Å². The highest BCUT2D eigenvalue weighted by atomic mass is 33.1. The van der Waals surface area contributed by atoms with Gasteiger partial charge in [-0.15, -0.1) is 0 Å². The van der Waals surface area contributed by atoms with Crippen molar-refractivity contribution in [3.63, 3.8) is 0 Å². The maximum atomic E-state index is 13.3. The zero-order valence-corrected chi connectivity index (χ0v) is 15.0. The van der Waals surface area contributed by atoms with Gasteiger partial charge in [-0.3, -0.25) is 0 Å². The molecular weight excluding hydrogens is 294 g/mol. The topological polar surface area (TPSA) is 0 Å². The van der Waals surface area contributed by atoms with Gasteiger partial charge in [0.15, 0.2) is 0 Å². The Morgan fingerprint density at radius 3 is 1.65 bits per heavy atom. The van der Waals surface area contributed by atoms with Crippen molar-refractivity contribution in [2.45, 2.75) is 89.7 Å². The Balaban J connectivity index is 4.25. The standard InChI is InChI=1S/C16H32F2S2/c1-4-6-8-10-12-14(13-11-9-7-5-2)15(16(17)18)20-19-3/h14-16H,4-13H2,1-3H3/t15-/m0/s1. The van der Waals surface area contributed by atoms with E-state index in [1.54, 1.807) is 0 Å². The molecule has 0 aromatic heterocycles. The minimum absolute atomic E-state index is 0.196. The van der Waals surface area contributed by atoms with Crippen LogP contribution in [0, 0.1) is 5.92 Å². The zero-order valence-electron chi connectivity index (χ0n) is 13.4. The fourth-order valence-electron chi connectivity index (χ4n) is 2.58. The molecule has 0 saturated heterocycles. The second kappa shape index (κ2) is 14.5. The van der Waals surface area contributed by atoms with Crippen molar-refractivity contribution in [1.82, 2.24) is 0 Å². The molecule has 122 valence electrons. The molecule has 0 bridgehead atoms. The van der Waals surface area contributed by atoms with E-state index in [1.807, 2.05) is 6.26 Å². The molecule has 0 aliphatic heterocycles. The van der Waals surface area contributed by atoms with Crippen LogP contribution in [0.1, 0.15) is 78.1 Å². The van der Waals surface area contributed by atoms with E-state index in [0.717, 1.165) is 25.7 Å². The van der Waals surface area contributed by atoms with Crippen LogP contribution < -0.4 is 0 Å². The molecule has 0 saturated carbocycles. The molecule has 0 aliphatic rings. The van der Waals surface area contributed by atoms with Gasteiger partial charge in [-0.25, -0.2) is 8.78 Å². The summed E-state index contributed by atoms with van der Waals surface area (Å²) in [4.78, 5) is 0. The van der Waals surface area contributed by atoms with Gasteiger partial charge in [0.25, 0.3) is 6.43 Å². The first-order valence-corrected chi connectivity index (χ1v) is 10.8. The summed E-state index contributed by atoms with van der Waals surface area (Å²) in [6.45, 7) is 4.38. The predicted octanol–water partition coefficient (Wildman–Crippen LogP) is 7.19. The van der Waals surface area contributed by atoms with Gasteiger partial charge in [0.2, 0.25) is 0 Å². The molecule has 0 aromatic rings. The Morgan fingerprint density at radius 2 is 1.30 bits per heavy atom. The number of halogens is 2. The van der Waals surface area contributed by atoms with E-state index in [2.05, 4.69) is 13.8 Å². The molecule has 0 amide bonds. The van der Waals surface area contributed by atoms with Crippen LogP contribution in [0.3, 0.4) is 0 Å². The third kappa shape index (κ3) is 10.3. The van der Waals surface area contributed by atoms with Crippen molar-refractivity contribution < 1.29 is 8.78 Å². The van der Waals surface area contributed by atoms with E-state index in [-0.39, 0.29) is 5.92 Å². The van der Waals surface area contributed by atoms with Crippen LogP contribution in [0.15, 0.2) is 0 Å². The second-order valence-electron chi connectivity index (χ2n) is 5.52. The molecule has 20 heavy (non-hydrogen) atoms. The van der Waals surface area contributed by atoms with Crippen molar-refractivity contribution in [2.75, 3.05) is 6.26 Å². The normalized spacial score (nSPS) is 13.3. The van der Waals surface area contributed by atoms with Crippen molar-refractivity contribution in [2.24, 2.45) is 5.92 Å². The summed E-state index contributed by atoms with van der Waals surface area (Å²) in [6.07, 6.45) is 11.2. The largest absolute Gasteiger partial charge is 0.251 e. The molecule has 0 rings (SSSR count). The lowest BCUT2D eigenvalue weighted by molar-refractivity contribution is 0.117. The molecule has 0 spiro atoms. The van der Waals surface area contributed by atoms with Crippen LogP contribution in [0.5, 0.6) is 0 Å². The molecule has 1 atom stereocenters. The van der Waals surface area contributed by atoms with E-state index >= 15 is 0 Å². The van der Waals surface area contributed by atoms with Crippen molar-refractivity contribution >= 4 is 21.6 Å². The van der Waals surface area contributed by atoms with Crippen LogP contribution >= 0.6 is 21.6 Å². The average Bonchev–Trinajstić information content (AvgIpc) is 2.43. The minimum Gasteiger partial charge on any atom is -0.209 e. The van der Waals surface area contributed by atoms with Gasteiger partial charge in [-0.05, 0) is 25.0 Å². The highest BCUT2D eigenvalue weighted by Crippen LogP contribution is 2.38. The predicted molar refractivity (Wildman–Crippen MR) is 91.9 cm³/mol. The van der Waals surface area contributed by atoms with Crippen LogP contribution in [0.2, 0.25) is 0 Å². The zero-order chi connectivity index (χ0) is 15.2. The number of hydrogen-bond acceptors (Lipinski definition) is 2. The summed E-state index contributed by atoms with van der Waals surface area (Å²) in [5.74, 6) is 0.196. The van der Waals surface area contributed by atoms with Gasteiger partial charge < -0.3 is 0 Å². The molecule has 0 aliphatic carbocycles. The molecule has 0 nitrogen and oxygen atoms in total. The summed E-state index contributed by atoms with van der Waals surface area (Å²) in [5, 5.41) is -0.478. The fraction of sp³-hybridized carbons (Fsp3) is 1.00. The van der Waals surface area contributed by atoms with Gasteiger partial charge >= 0.3 is 0 Å². The van der Waals surface area contributed by atoms with E-state index in [4.69, 9.17) is 0 Å². The first kappa shape index (κ1) is 20.6. The molecule has 0 radical (unpaired) electrons. The van der Waals surface area contributed by atoms with Crippen LogP contribution in [-0.4, -0.2) is 17.9 Å². The second-order valence-corrected chi connectivity index (χ2v) is 8.17. The lowest BCUT2D eigenvalue weighted by atomic mass is 9.91. The van der Waals surface area contributed by atoms with E-state index in [9.17, 15) is 8.78 Å². The molecule has 0 N–H and O–H groups in total. The average molecular weight is 327 g/mol. The lowest BCUT2D eigenvalue weighted by Gasteiger charge is -2.25. The quantitative estimate of drug-likeness (QED) is 0.245. The summed E-state index contributed by atoms with van der Waals surface area (Å²) in [5.41, 5.74) is 0. The smallest absolute Gasteiger partial charge is 0.209 e. The summed E-state index contributed by atoms with van der Waals surface area (Å²) >= 11 is 0. The number of rotatable bonds is 14. The van der Waals surface area contributed by atoms with Gasteiger partial charge in [-0.1, -0.05) is 86.8 Å². The summed E-state index contributed by atoms with van der Waals surface area (Å²) in [7, 11) is 2.88. The number of alkyl halides is 2. The Labute approximate surface area is 132 Å². The van der Waals surface area contributed by atoms with Crippen LogP contribution in [-0.2, 0) is 0 Å². The maximum absolute atomic E-state index is 13.3. The molecule has 0 unspecified atom stereocenters. The maximum Gasteiger partial charge on any atom is 0.251 e. The molecule has 0 fully saturated rings. The van der Waals surface area contributed by atoms with Gasteiger partial charge in [0.1, 0.15) is 0 Å². The fourth-order valence-corrected chi connectivity index (χ4v) is 4.70. The molecule has 4 heteroatoms. The minimum atomic E-state index is -2.19. The monoisotopic (exact) mass is 326 g/mol. The van der Waals surface area contributed by atoms with E-state index in [1.165, 1.54) is 60.1 Å². The van der Waals surface area contributed by atoms with E-state index in [0.29, 0.717) is 0 Å².